The summed E-state index contributed by atoms with van der Waals surface area (Å²) in [6.45, 7) is 2.95. The number of carbonyl (C=O) groups is 1. The van der Waals surface area contributed by atoms with Crippen molar-refractivity contribution >= 4 is 45.2 Å². The van der Waals surface area contributed by atoms with Gasteiger partial charge in [-0.25, -0.2) is 0 Å². The summed E-state index contributed by atoms with van der Waals surface area (Å²) in [7, 11) is 1.54. The molecule has 0 saturated heterocycles. The van der Waals surface area contributed by atoms with E-state index < -0.39 is 5.91 Å². The Morgan fingerprint density at radius 2 is 1.83 bits per heavy atom. The Morgan fingerprint density at radius 1 is 1.11 bits per heavy atom. The number of hydrogen-bond acceptors (Lipinski definition) is 5. The third kappa shape index (κ3) is 7.51. The standard InChI is InChI=1S/C27H24BrClN2O4/c1-3-12-34-26-24(28)14-19(15-25(26)33-2)13-20(16-30)27(32)31-22-8-10-23(11-9-22)35-17-18-4-6-21(29)7-5-18/h4-11,13-15H,3,12,17H2,1-2H3,(H,31,32)/b20-13+. The van der Waals surface area contributed by atoms with Gasteiger partial charge in [-0.05, 0) is 88.1 Å². The van der Waals surface area contributed by atoms with Gasteiger partial charge in [0.15, 0.2) is 11.5 Å². The molecule has 0 heterocycles. The van der Waals surface area contributed by atoms with Crippen LogP contribution in [0.25, 0.3) is 6.08 Å². The van der Waals surface area contributed by atoms with Gasteiger partial charge in [-0.2, -0.15) is 5.26 Å². The Kier molecular flexibility index (Phi) is 9.59. The van der Waals surface area contributed by atoms with Crippen molar-refractivity contribution in [1.29, 1.82) is 5.26 Å². The van der Waals surface area contributed by atoms with E-state index in [0.717, 1.165) is 12.0 Å². The highest BCUT2D eigenvalue weighted by Crippen LogP contribution is 2.37. The summed E-state index contributed by atoms with van der Waals surface area (Å²) in [6.07, 6.45) is 2.35. The van der Waals surface area contributed by atoms with Crippen molar-refractivity contribution in [2.75, 3.05) is 19.0 Å². The predicted molar refractivity (Wildman–Crippen MR) is 141 cm³/mol. The van der Waals surface area contributed by atoms with Crippen LogP contribution in [0.15, 0.2) is 70.7 Å². The summed E-state index contributed by atoms with van der Waals surface area (Å²) in [5.41, 5.74) is 2.10. The molecule has 1 N–H and O–H groups in total. The maximum atomic E-state index is 12.7. The molecule has 35 heavy (non-hydrogen) atoms. The maximum absolute atomic E-state index is 12.7. The monoisotopic (exact) mass is 554 g/mol. The second kappa shape index (κ2) is 12.8. The molecule has 0 aromatic heterocycles. The Balaban J connectivity index is 1.67. The van der Waals surface area contributed by atoms with Crippen molar-refractivity contribution in [2.45, 2.75) is 20.0 Å². The van der Waals surface area contributed by atoms with E-state index in [2.05, 4.69) is 21.2 Å². The normalized spacial score (nSPS) is 10.9. The molecule has 0 aliphatic carbocycles. The van der Waals surface area contributed by atoms with Crippen LogP contribution in [-0.4, -0.2) is 19.6 Å². The fourth-order valence-electron chi connectivity index (χ4n) is 3.06. The van der Waals surface area contributed by atoms with E-state index >= 15 is 0 Å². The first-order valence-electron chi connectivity index (χ1n) is 10.8. The molecule has 180 valence electrons. The molecule has 0 bridgehead atoms. The van der Waals surface area contributed by atoms with Gasteiger partial charge in [0.25, 0.3) is 5.91 Å². The number of nitrogens with one attached hydrogen (secondary N) is 1. The van der Waals surface area contributed by atoms with Gasteiger partial charge in [0.1, 0.15) is 24.0 Å². The van der Waals surface area contributed by atoms with Crippen LogP contribution in [0.4, 0.5) is 5.69 Å². The van der Waals surface area contributed by atoms with Crippen LogP contribution >= 0.6 is 27.5 Å². The Hall–Kier alpha value is -3.47. The number of anilines is 1. The molecule has 3 aromatic carbocycles. The first kappa shape index (κ1) is 26.1. The number of methoxy groups -OCH3 is 1. The second-order valence-corrected chi connectivity index (χ2v) is 8.74. The summed E-state index contributed by atoms with van der Waals surface area (Å²) in [5, 5.41) is 13.0. The molecule has 0 fully saturated rings. The molecule has 0 spiro atoms. The lowest BCUT2D eigenvalue weighted by molar-refractivity contribution is -0.112. The molecule has 0 aliphatic heterocycles. The number of nitriles is 1. The summed E-state index contributed by atoms with van der Waals surface area (Å²) in [6, 6.07) is 19.8. The average Bonchev–Trinajstić information content (AvgIpc) is 2.86. The Morgan fingerprint density at radius 3 is 2.46 bits per heavy atom. The minimum Gasteiger partial charge on any atom is -0.493 e. The van der Waals surface area contributed by atoms with Gasteiger partial charge in [-0.1, -0.05) is 30.7 Å². The van der Waals surface area contributed by atoms with Gasteiger partial charge in [0, 0.05) is 10.7 Å². The highest BCUT2D eigenvalue weighted by Gasteiger charge is 2.14. The predicted octanol–water partition coefficient (Wildman–Crippen LogP) is 7.02. The summed E-state index contributed by atoms with van der Waals surface area (Å²) in [5.74, 6) is 1.21. The van der Waals surface area contributed by atoms with E-state index in [1.807, 2.05) is 37.3 Å². The zero-order chi connectivity index (χ0) is 25.2. The summed E-state index contributed by atoms with van der Waals surface area (Å²) < 4.78 is 17.6. The second-order valence-electron chi connectivity index (χ2n) is 7.45. The van der Waals surface area contributed by atoms with Crippen LogP contribution in [0.3, 0.4) is 0 Å². The van der Waals surface area contributed by atoms with Gasteiger partial charge in [-0.3, -0.25) is 4.79 Å². The van der Waals surface area contributed by atoms with E-state index in [0.29, 0.717) is 51.2 Å². The SMILES string of the molecule is CCCOc1c(Br)cc(/C=C(\C#N)C(=O)Nc2ccc(OCc3ccc(Cl)cc3)cc2)cc1OC. The lowest BCUT2D eigenvalue weighted by atomic mass is 10.1. The van der Waals surface area contributed by atoms with Gasteiger partial charge in [-0.15, -0.1) is 0 Å². The third-order valence-electron chi connectivity index (χ3n) is 4.81. The molecule has 0 saturated carbocycles. The van der Waals surface area contributed by atoms with Crippen LogP contribution in [0.5, 0.6) is 17.2 Å². The molecule has 0 atom stereocenters. The molecule has 0 unspecified atom stereocenters. The zero-order valence-corrected chi connectivity index (χ0v) is 21.7. The van der Waals surface area contributed by atoms with Gasteiger partial charge < -0.3 is 19.5 Å². The minimum absolute atomic E-state index is 0.0516. The number of nitrogens with zero attached hydrogens (tertiary/aromatic N) is 1. The average molecular weight is 556 g/mol. The van der Waals surface area contributed by atoms with Gasteiger partial charge >= 0.3 is 0 Å². The number of halogens is 2. The first-order valence-corrected chi connectivity index (χ1v) is 12.0. The quantitative estimate of drug-likeness (QED) is 0.215. The molecule has 8 heteroatoms. The highest BCUT2D eigenvalue weighted by molar-refractivity contribution is 9.10. The van der Waals surface area contributed by atoms with E-state index in [1.165, 1.54) is 13.2 Å². The van der Waals surface area contributed by atoms with E-state index in [9.17, 15) is 10.1 Å². The van der Waals surface area contributed by atoms with Crippen LogP contribution < -0.4 is 19.5 Å². The van der Waals surface area contributed by atoms with Crippen molar-refractivity contribution in [1.82, 2.24) is 0 Å². The molecule has 3 rings (SSSR count). The van der Waals surface area contributed by atoms with E-state index in [1.54, 1.807) is 36.4 Å². The maximum Gasteiger partial charge on any atom is 0.266 e. The number of rotatable bonds is 10. The number of amides is 1. The van der Waals surface area contributed by atoms with Crippen LogP contribution in [0.2, 0.25) is 5.02 Å². The topological polar surface area (TPSA) is 80.6 Å². The van der Waals surface area contributed by atoms with Crippen LogP contribution in [0, 0.1) is 11.3 Å². The largest absolute Gasteiger partial charge is 0.493 e. The van der Waals surface area contributed by atoms with Gasteiger partial charge in [0.05, 0.1) is 18.2 Å². The van der Waals surface area contributed by atoms with E-state index in [-0.39, 0.29) is 5.57 Å². The van der Waals surface area contributed by atoms with E-state index in [4.69, 9.17) is 25.8 Å². The molecule has 3 aromatic rings. The fourth-order valence-corrected chi connectivity index (χ4v) is 3.76. The molecular formula is C27H24BrClN2O4. The van der Waals surface area contributed by atoms with Crippen molar-refractivity contribution in [3.05, 3.63) is 86.9 Å². The fraction of sp³-hybridized carbons (Fsp3) is 0.185. The Labute approximate surface area is 218 Å². The van der Waals surface area contributed by atoms with Gasteiger partial charge in [0.2, 0.25) is 0 Å². The highest BCUT2D eigenvalue weighted by atomic mass is 79.9. The van der Waals surface area contributed by atoms with Crippen molar-refractivity contribution < 1.29 is 19.0 Å². The van der Waals surface area contributed by atoms with Crippen LogP contribution in [-0.2, 0) is 11.4 Å². The zero-order valence-electron chi connectivity index (χ0n) is 19.3. The van der Waals surface area contributed by atoms with Crippen LogP contribution in [0.1, 0.15) is 24.5 Å². The smallest absolute Gasteiger partial charge is 0.266 e. The first-order chi connectivity index (χ1) is 16.9. The number of hydrogen-bond donors (Lipinski definition) is 1. The Bertz CT molecular complexity index is 1240. The summed E-state index contributed by atoms with van der Waals surface area (Å²) >= 11 is 9.37. The van der Waals surface area contributed by atoms with Crippen molar-refractivity contribution in [3.8, 4) is 23.3 Å². The number of ether oxygens (including phenoxy) is 3. The lowest BCUT2D eigenvalue weighted by Crippen LogP contribution is -2.13. The molecule has 0 aliphatic rings. The molecule has 0 radical (unpaired) electrons. The number of carbonyl (C=O) groups excluding carboxylic acids is 1. The summed E-state index contributed by atoms with van der Waals surface area (Å²) in [4.78, 5) is 12.7. The molecule has 1 amide bonds. The third-order valence-corrected chi connectivity index (χ3v) is 5.65. The molecular weight excluding hydrogens is 532 g/mol. The lowest BCUT2D eigenvalue weighted by Gasteiger charge is -2.13. The molecule has 6 nitrogen and oxygen atoms in total. The minimum atomic E-state index is -0.524. The number of benzene rings is 3. The van der Waals surface area contributed by atoms with Crippen molar-refractivity contribution in [3.63, 3.8) is 0 Å². The van der Waals surface area contributed by atoms with Crippen molar-refractivity contribution in [2.24, 2.45) is 0 Å².